The number of hydrogen-bond donors (Lipinski definition) is 5. The van der Waals surface area contributed by atoms with Crippen molar-refractivity contribution >= 4 is 58.6 Å². The number of likely N-dealkylation sites (tertiary alicyclic amines) is 1. The van der Waals surface area contributed by atoms with Crippen LogP contribution in [0.25, 0.3) is 11.5 Å². The van der Waals surface area contributed by atoms with Crippen molar-refractivity contribution in [3.05, 3.63) is 107 Å². The monoisotopic (exact) mass is 1000 g/mol. The number of benzene rings is 3. The number of aromatic nitrogens is 4. The van der Waals surface area contributed by atoms with Crippen LogP contribution in [0.15, 0.2) is 77.3 Å². The minimum atomic E-state index is -1.04. The Balaban J connectivity index is 0.685. The highest BCUT2D eigenvalue weighted by atomic mass is 16.6. The van der Waals surface area contributed by atoms with Crippen LogP contribution < -0.4 is 21.3 Å². The fourth-order valence-electron chi connectivity index (χ4n) is 9.23. The van der Waals surface area contributed by atoms with Crippen LogP contribution in [-0.4, -0.2) is 143 Å². The molecule has 0 bridgehead atoms. The molecule has 382 valence electrons. The Kier molecular flexibility index (Phi) is 15.4. The van der Waals surface area contributed by atoms with Gasteiger partial charge in [-0.25, -0.2) is 9.78 Å². The second-order valence-corrected chi connectivity index (χ2v) is 18.3. The maximum absolute atomic E-state index is 13.3. The molecule has 1 unspecified atom stereocenters. The summed E-state index contributed by atoms with van der Waals surface area (Å²) in [7, 11) is 0. The van der Waals surface area contributed by atoms with E-state index in [2.05, 4.69) is 36.4 Å². The number of fused-ring (bicyclic) bond motifs is 2. The van der Waals surface area contributed by atoms with E-state index in [0.717, 1.165) is 16.0 Å². The molecule has 6 heterocycles. The lowest BCUT2D eigenvalue weighted by atomic mass is 9.95. The van der Waals surface area contributed by atoms with Crippen LogP contribution in [0.5, 0.6) is 0 Å². The number of cyclic esters (lactones) is 1. The Morgan fingerprint density at radius 1 is 0.863 bits per heavy atom. The molecule has 0 spiro atoms. The molecule has 0 saturated carbocycles. The van der Waals surface area contributed by atoms with Crippen molar-refractivity contribution < 1.29 is 57.2 Å². The number of rotatable bonds is 22. The van der Waals surface area contributed by atoms with E-state index in [9.17, 15) is 33.9 Å². The number of piperidine rings is 2. The van der Waals surface area contributed by atoms with E-state index in [0.29, 0.717) is 99.7 Å². The molecule has 22 heteroatoms. The molecule has 4 aliphatic rings. The van der Waals surface area contributed by atoms with Crippen molar-refractivity contribution in [1.82, 2.24) is 35.3 Å². The van der Waals surface area contributed by atoms with Crippen LogP contribution in [0.3, 0.4) is 0 Å². The largest absolute Gasteiger partial charge is 0.451 e. The van der Waals surface area contributed by atoms with E-state index in [1.165, 1.54) is 6.07 Å². The molecule has 22 nitrogen and oxygen atoms in total. The Hall–Kier alpha value is -7.66. The summed E-state index contributed by atoms with van der Waals surface area (Å²) in [6.07, 6.45) is 3.17. The number of hydrogen-bond acceptors (Lipinski definition) is 19. The van der Waals surface area contributed by atoms with Crippen LogP contribution >= 0.6 is 0 Å². The topological polar surface area (TPSA) is 279 Å². The number of ether oxygens (including phenoxy) is 4. The molecule has 0 radical (unpaired) electrons. The van der Waals surface area contributed by atoms with Crippen molar-refractivity contribution in [3.63, 3.8) is 0 Å². The van der Waals surface area contributed by atoms with Gasteiger partial charge in [-0.2, -0.15) is 4.98 Å². The number of esters is 1. The number of imide groups is 2. The number of nitrogens with zero attached hydrogens (tertiary/aromatic N) is 6. The molecule has 73 heavy (non-hydrogen) atoms. The summed E-state index contributed by atoms with van der Waals surface area (Å²) >= 11 is 0. The van der Waals surface area contributed by atoms with Gasteiger partial charge in [0.25, 0.3) is 17.7 Å². The minimum Gasteiger partial charge on any atom is -0.451 e. The lowest BCUT2D eigenvalue weighted by Crippen LogP contribution is -2.54. The summed E-state index contributed by atoms with van der Waals surface area (Å²) in [6.45, 7) is 6.59. The van der Waals surface area contributed by atoms with E-state index >= 15 is 0 Å². The maximum Gasteiger partial charge on any atom is 0.339 e. The van der Waals surface area contributed by atoms with Gasteiger partial charge in [-0.3, -0.25) is 34.2 Å². The van der Waals surface area contributed by atoms with Crippen molar-refractivity contribution in [2.24, 2.45) is 0 Å². The molecule has 2 saturated heterocycles. The van der Waals surface area contributed by atoms with Crippen LogP contribution in [-0.2, 0) is 38.9 Å². The molecular weight excluding hydrogens is 945 g/mol. The first-order valence-electron chi connectivity index (χ1n) is 24.3. The van der Waals surface area contributed by atoms with E-state index < -0.39 is 41.3 Å². The highest BCUT2D eigenvalue weighted by molar-refractivity contribution is 6.25. The van der Waals surface area contributed by atoms with Crippen LogP contribution in [0, 0.1) is 0 Å². The average Bonchev–Trinajstić information content (AvgIpc) is 4.05. The zero-order chi connectivity index (χ0) is 51.1. The Bertz CT molecular complexity index is 2870. The number of anilines is 4. The number of amides is 5. The first kappa shape index (κ1) is 50.3. The smallest absolute Gasteiger partial charge is 0.339 e. The Morgan fingerprint density at radius 3 is 2.37 bits per heavy atom. The fourth-order valence-corrected chi connectivity index (χ4v) is 9.23. The minimum absolute atomic E-state index is 0.0144. The fraction of sp³-hybridized carbons (Fsp3) is 0.412. The number of carbonyl (C=O) groups excluding carboxylic acids is 6. The van der Waals surface area contributed by atoms with Gasteiger partial charge in [0.1, 0.15) is 17.5 Å². The van der Waals surface area contributed by atoms with Crippen molar-refractivity contribution in [3.8, 4) is 11.5 Å². The quantitative estimate of drug-likeness (QED) is 0.0363. The van der Waals surface area contributed by atoms with E-state index in [-0.39, 0.29) is 73.2 Å². The van der Waals surface area contributed by atoms with Gasteiger partial charge in [0.2, 0.25) is 29.6 Å². The summed E-state index contributed by atoms with van der Waals surface area (Å²) < 4.78 is 28.7. The summed E-state index contributed by atoms with van der Waals surface area (Å²) in [4.78, 5) is 87.9. The van der Waals surface area contributed by atoms with Gasteiger partial charge in [-0.1, -0.05) is 36.4 Å². The predicted octanol–water partition coefficient (Wildman–Crippen LogP) is 4.48. The molecule has 5 aromatic rings. The molecule has 3 aromatic carbocycles. The Morgan fingerprint density at radius 2 is 1.62 bits per heavy atom. The molecule has 2 aromatic heterocycles. The molecule has 2 fully saturated rings. The zero-order valence-corrected chi connectivity index (χ0v) is 40.4. The normalized spacial score (nSPS) is 17.8. The molecule has 5 amide bonds. The molecule has 9 rings (SSSR count). The predicted molar refractivity (Wildman–Crippen MR) is 261 cm³/mol. The van der Waals surface area contributed by atoms with Gasteiger partial charge in [0.15, 0.2) is 0 Å². The van der Waals surface area contributed by atoms with Gasteiger partial charge < -0.3 is 49.3 Å². The van der Waals surface area contributed by atoms with E-state index in [1.807, 2.05) is 55.1 Å². The first-order chi connectivity index (χ1) is 35.4. The SMILES string of the molecule is CC1(C)OC(=O)c2ccc(Nc3ncc(-c4nnc(C5CCN(C(=O)CCOCCOCCOCCNc6cccc7c6C(=O)N(C6CCC(=O)NC6=O)C7=O)CC5)o4)c(N[C@H](CO)c4ccccc4)n3)cc21. The molecule has 0 aliphatic carbocycles. The van der Waals surface area contributed by atoms with Crippen molar-refractivity contribution in [2.45, 2.75) is 69.6 Å². The van der Waals surface area contributed by atoms with Gasteiger partial charge >= 0.3 is 5.97 Å². The summed E-state index contributed by atoms with van der Waals surface area (Å²) in [5.74, 6) is -1.49. The molecule has 5 N–H and O–H groups in total. The van der Waals surface area contributed by atoms with Gasteiger partial charge in [0.05, 0.1) is 81.0 Å². The second kappa shape index (κ2) is 22.4. The summed E-state index contributed by atoms with van der Waals surface area (Å²) in [5.41, 5.74) is 3.20. The number of aliphatic hydroxyl groups is 1. The number of nitrogens with one attached hydrogen (secondary N) is 4. The van der Waals surface area contributed by atoms with Crippen molar-refractivity contribution in [1.29, 1.82) is 0 Å². The highest BCUT2D eigenvalue weighted by Gasteiger charge is 2.46. The Labute approximate surface area is 419 Å². The van der Waals surface area contributed by atoms with E-state index in [4.69, 9.17) is 28.3 Å². The van der Waals surface area contributed by atoms with Crippen LogP contribution in [0.2, 0.25) is 0 Å². The molecule has 4 aliphatic heterocycles. The van der Waals surface area contributed by atoms with E-state index in [1.54, 1.807) is 30.5 Å². The van der Waals surface area contributed by atoms with Gasteiger partial charge in [0, 0.05) is 55.1 Å². The number of aliphatic hydroxyl groups excluding tert-OH is 1. The van der Waals surface area contributed by atoms with Gasteiger partial charge in [-0.05, 0) is 69.0 Å². The van der Waals surface area contributed by atoms with Crippen molar-refractivity contribution in [2.75, 3.05) is 81.8 Å². The lowest BCUT2D eigenvalue weighted by Gasteiger charge is -2.30. The zero-order valence-electron chi connectivity index (χ0n) is 40.4. The average molecular weight is 1000 g/mol. The standard InChI is InChI=1S/C51H56N10O12/c1-51(2)36-27-32(11-12-33(36)49(68)73-51)54-50-53-28-35(43(57-50)55-38(29-62)30-7-4-3-5-8-30)46-59-58-45(72-46)31-15-19-60(20-16-31)41(64)17-21-69-23-25-71-26-24-70-22-18-52-37-10-6-9-34-42(37)48(67)61(47(34)66)39-13-14-40(63)56-44(39)65/h3-12,27-28,31,38-39,52,62H,13-26,29H2,1-2H3,(H,56,63,65)(H2,53,54,55,57)/t38-,39?/m1/s1. The maximum atomic E-state index is 13.3. The summed E-state index contributed by atoms with van der Waals surface area (Å²) in [6, 6.07) is 18.1. The number of carbonyl (C=O) groups is 6. The summed E-state index contributed by atoms with van der Waals surface area (Å²) in [5, 5.41) is 31.1. The third-order valence-electron chi connectivity index (χ3n) is 13.1. The lowest BCUT2D eigenvalue weighted by molar-refractivity contribution is -0.136. The van der Waals surface area contributed by atoms with Crippen LogP contribution in [0.1, 0.15) is 106 Å². The molecular formula is C51H56N10O12. The van der Waals surface area contributed by atoms with Gasteiger partial charge in [-0.15, -0.1) is 10.2 Å². The second-order valence-electron chi connectivity index (χ2n) is 18.3. The van der Waals surface area contributed by atoms with Crippen LogP contribution in [0.4, 0.5) is 23.1 Å². The third kappa shape index (κ3) is 11.4. The highest BCUT2D eigenvalue weighted by Crippen LogP contribution is 2.39. The molecule has 2 atom stereocenters. The first-order valence-corrected chi connectivity index (χ1v) is 24.3. The third-order valence-corrected chi connectivity index (χ3v) is 13.1.